The number of nitriles is 1. The van der Waals surface area contributed by atoms with Crippen LogP contribution < -0.4 is 0 Å². The summed E-state index contributed by atoms with van der Waals surface area (Å²) in [5.74, 6) is 6.66. The van der Waals surface area contributed by atoms with E-state index >= 15 is 0 Å². The van der Waals surface area contributed by atoms with Crippen molar-refractivity contribution >= 4 is 0 Å². The Labute approximate surface area is 287 Å². The van der Waals surface area contributed by atoms with Crippen molar-refractivity contribution in [2.24, 2.45) is 35.5 Å². The summed E-state index contributed by atoms with van der Waals surface area (Å²) >= 11 is 0. The van der Waals surface area contributed by atoms with Gasteiger partial charge in [0.1, 0.15) is 0 Å². The van der Waals surface area contributed by atoms with Gasteiger partial charge in [-0.05, 0) is 146 Å². The smallest absolute Gasteiger partial charge is 0.164 e. The number of hydrogen-bond donors (Lipinski definition) is 0. The minimum Gasteiger partial charge on any atom is -0.208 e. The first-order chi connectivity index (χ1) is 23.2. The summed E-state index contributed by atoms with van der Waals surface area (Å²) in [6.07, 6.45) is 13.2. The van der Waals surface area contributed by atoms with E-state index in [4.69, 9.17) is 15.0 Å². The van der Waals surface area contributed by atoms with Crippen molar-refractivity contribution in [1.82, 2.24) is 15.0 Å². The predicted octanol–water partition coefficient (Wildman–Crippen LogP) is 11.0. The van der Waals surface area contributed by atoms with Crippen LogP contribution in [0.3, 0.4) is 0 Å². The van der Waals surface area contributed by atoms with E-state index in [2.05, 4.69) is 64.1 Å². The molecule has 0 aliphatic heterocycles. The summed E-state index contributed by atoms with van der Waals surface area (Å²) in [4.78, 5) is 15.5. The Morgan fingerprint density at radius 2 is 0.979 bits per heavy atom. The Bertz CT molecular complexity index is 1750. The second-order valence-electron chi connectivity index (χ2n) is 17.0. The maximum absolute atomic E-state index is 9.70. The molecule has 4 heteroatoms. The molecule has 0 radical (unpaired) electrons. The van der Waals surface area contributed by atoms with Gasteiger partial charge in [-0.15, -0.1) is 0 Å². The summed E-state index contributed by atoms with van der Waals surface area (Å²) in [5, 5.41) is 9.70. The predicted molar refractivity (Wildman–Crippen MR) is 194 cm³/mol. The Balaban J connectivity index is 1.35. The van der Waals surface area contributed by atoms with Crippen molar-refractivity contribution in [3.05, 3.63) is 89.5 Å². The van der Waals surface area contributed by atoms with Crippen LogP contribution in [-0.4, -0.2) is 15.0 Å². The normalized spacial score (nSPS) is 32.7. The molecular formula is C44H50N4. The zero-order valence-electron chi connectivity index (χ0n) is 29.3. The minimum atomic E-state index is 0.209. The topological polar surface area (TPSA) is 62.5 Å². The highest BCUT2D eigenvalue weighted by molar-refractivity contribution is 5.68. The molecule has 4 saturated carbocycles. The molecule has 1 heterocycles. The van der Waals surface area contributed by atoms with Crippen LogP contribution in [0.5, 0.6) is 0 Å². The number of rotatable bonds is 5. The average Bonchev–Trinajstić information content (AvgIpc) is 3.07. The van der Waals surface area contributed by atoms with Crippen LogP contribution in [0.2, 0.25) is 0 Å². The van der Waals surface area contributed by atoms with Crippen molar-refractivity contribution < 1.29 is 0 Å². The highest BCUT2D eigenvalue weighted by atomic mass is 15.0. The molecule has 48 heavy (non-hydrogen) atoms. The molecule has 4 fully saturated rings. The fourth-order valence-electron chi connectivity index (χ4n) is 11.6. The molecule has 4 aromatic rings. The molecule has 1 aromatic heterocycles. The lowest BCUT2D eigenvalue weighted by Crippen LogP contribution is -2.44. The summed E-state index contributed by atoms with van der Waals surface area (Å²) in [6, 6.07) is 27.9. The Morgan fingerprint density at radius 1 is 0.521 bits per heavy atom. The second-order valence-corrected chi connectivity index (χ2v) is 17.0. The van der Waals surface area contributed by atoms with Crippen LogP contribution in [0.4, 0.5) is 0 Å². The molecule has 8 rings (SSSR count). The number of fused-ring (bicyclic) bond motifs is 4. The van der Waals surface area contributed by atoms with Gasteiger partial charge >= 0.3 is 0 Å². The summed E-state index contributed by atoms with van der Waals surface area (Å²) < 4.78 is 0. The fourth-order valence-corrected chi connectivity index (χ4v) is 11.6. The van der Waals surface area contributed by atoms with E-state index in [0.29, 0.717) is 17.2 Å². The van der Waals surface area contributed by atoms with Crippen LogP contribution >= 0.6 is 0 Å². The number of aromatic nitrogens is 3. The van der Waals surface area contributed by atoms with Gasteiger partial charge in [0.05, 0.1) is 11.6 Å². The molecule has 4 aliphatic carbocycles. The largest absolute Gasteiger partial charge is 0.208 e. The van der Waals surface area contributed by atoms with Gasteiger partial charge in [-0.3, -0.25) is 0 Å². The van der Waals surface area contributed by atoms with Gasteiger partial charge in [-0.25, -0.2) is 15.0 Å². The number of hydrogen-bond acceptors (Lipinski definition) is 4. The monoisotopic (exact) mass is 634 g/mol. The van der Waals surface area contributed by atoms with Crippen molar-refractivity contribution in [2.75, 3.05) is 0 Å². The average molecular weight is 635 g/mol. The molecule has 0 N–H and O–H groups in total. The standard InChI is InChI=1S/C44H50N4/c1-28-13-33-14-29(2)22-43(21-28,25-33)38-18-37(19-39(20-38)44-23-30(3)15-34(26-44)16-31(4)24-44)42-47-40(35-10-6-5-7-11-35)46-41(48-42)36-12-8-9-32(17-36)27-45/h5-12,17-20,28-31,33-34H,13-16,21-26H2,1-4H3/t28-,29+,30-,31+,33?,34?,43?,44?. The lowest BCUT2D eigenvalue weighted by atomic mass is 9.52. The summed E-state index contributed by atoms with van der Waals surface area (Å²) in [5.41, 5.74) is 7.05. The molecule has 4 unspecified atom stereocenters. The van der Waals surface area contributed by atoms with Crippen molar-refractivity contribution in [3.8, 4) is 40.2 Å². The highest BCUT2D eigenvalue weighted by Crippen LogP contribution is 2.58. The molecule has 0 saturated heterocycles. The molecule has 4 aliphatic rings. The lowest BCUT2D eigenvalue weighted by Gasteiger charge is -2.52. The quantitative estimate of drug-likeness (QED) is 0.219. The van der Waals surface area contributed by atoms with Crippen LogP contribution in [0.1, 0.15) is 109 Å². The van der Waals surface area contributed by atoms with Crippen LogP contribution in [0.15, 0.2) is 72.8 Å². The first kappa shape index (κ1) is 31.4. The van der Waals surface area contributed by atoms with Gasteiger partial charge < -0.3 is 0 Å². The lowest BCUT2D eigenvalue weighted by molar-refractivity contribution is 0.0738. The van der Waals surface area contributed by atoms with Crippen LogP contribution in [-0.2, 0) is 10.8 Å². The van der Waals surface area contributed by atoms with Gasteiger partial charge in [0, 0.05) is 16.7 Å². The molecule has 8 atom stereocenters. The van der Waals surface area contributed by atoms with E-state index in [0.717, 1.165) is 58.0 Å². The molecule has 4 bridgehead atoms. The van der Waals surface area contributed by atoms with Gasteiger partial charge in [0.2, 0.25) is 0 Å². The van der Waals surface area contributed by atoms with Gasteiger partial charge in [0.15, 0.2) is 17.5 Å². The Hall–Kier alpha value is -3.84. The zero-order chi connectivity index (χ0) is 33.0. The van der Waals surface area contributed by atoms with Crippen molar-refractivity contribution in [1.29, 1.82) is 5.26 Å². The third-order valence-corrected chi connectivity index (χ3v) is 12.6. The van der Waals surface area contributed by atoms with Crippen molar-refractivity contribution in [3.63, 3.8) is 0 Å². The summed E-state index contributed by atoms with van der Waals surface area (Å²) in [6.45, 7) is 9.99. The molecule has 4 nitrogen and oxygen atoms in total. The van der Waals surface area contributed by atoms with Gasteiger partial charge in [-0.2, -0.15) is 5.26 Å². The van der Waals surface area contributed by atoms with E-state index in [9.17, 15) is 5.26 Å². The van der Waals surface area contributed by atoms with Gasteiger partial charge in [0.25, 0.3) is 0 Å². The number of benzene rings is 3. The maximum Gasteiger partial charge on any atom is 0.164 e. The van der Waals surface area contributed by atoms with E-state index in [-0.39, 0.29) is 10.8 Å². The second kappa shape index (κ2) is 12.2. The summed E-state index contributed by atoms with van der Waals surface area (Å²) in [7, 11) is 0. The third-order valence-electron chi connectivity index (χ3n) is 12.6. The Kier molecular flexibility index (Phi) is 8.02. The fraction of sp³-hybridized carbons (Fsp3) is 0.500. The molecule has 246 valence electrons. The molecule has 3 aromatic carbocycles. The first-order valence-corrected chi connectivity index (χ1v) is 18.7. The third kappa shape index (κ3) is 5.89. The maximum atomic E-state index is 9.70. The van der Waals surface area contributed by atoms with E-state index in [1.807, 2.05) is 42.5 Å². The highest BCUT2D eigenvalue weighted by Gasteiger charge is 2.48. The first-order valence-electron chi connectivity index (χ1n) is 18.7. The van der Waals surface area contributed by atoms with Crippen LogP contribution in [0, 0.1) is 46.8 Å². The van der Waals surface area contributed by atoms with Crippen LogP contribution in [0.25, 0.3) is 34.2 Å². The van der Waals surface area contributed by atoms with Crippen molar-refractivity contribution in [2.45, 2.75) is 103 Å². The Morgan fingerprint density at radius 3 is 1.48 bits per heavy atom. The molecule has 0 spiro atoms. The molecular weight excluding hydrogens is 585 g/mol. The van der Waals surface area contributed by atoms with Gasteiger partial charge in [-0.1, -0.05) is 76.2 Å². The zero-order valence-corrected chi connectivity index (χ0v) is 29.3. The SMILES string of the molecule is C[C@@H]1CC2C[C@H](C)CC(c3cc(-c4nc(-c5ccccc5)nc(-c5cccc(C#N)c5)n4)cc(C45CC(C[C@@H](C)C4)C[C@H](C)C5)c3)(C2)C1. The number of nitrogens with zero attached hydrogens (tertiary/aromatic N) is 4. The minimum absolute atomic E-state index is 0.209. The molecule has 0 amide bonds. The van der Waals surface area contributed by atoms with E-state index < -0.39 is 0 Å². The van der Waals surface area contributed by atoms with E-state index in [1.54, 1.807) is 0 Å². The van der Waals surface area contributed by atoms with E-state index in [1.165, 1.54) is 75.3 Å².